The van der Waals surface area contributed by atoms with E-state index in [1.807, 2.05) is 44.2 Å². The molecule has 0 aliphatic rings. The number of ether oxygens (including phenoxy) is 3. The first-order valence-corrected chi connectivity index (χ1v) is 9.73. The Hall–Kier alpha value is -2.53. The van der Waals surface area contributed by atoms with Gasteiger partial charge < -0.3 is 19.5 Å². The summed E-state index contributed by atoms with van der Waals surface area (Å²) in [6, 6.07) is 13.4. The van der Waals surface area contributed by atoms with Gasteiger partial charge in [0.1, 0.15) is 18.1 Å². The van der Waals surface area contributed by atoms with Crippen LogP contribution in [0, 0.1) is 0 Å². The van der Waals surface area contributed by atoms with Gasteiger partial charge in [-0.25, -0.2) is 0 Å². The van der Waals surface area contributed by atoms with E-state index < -0.39 is 0 Å². The fraction of sp³-hybridized carbons (Fsp3) is 0.435. The number of para-hydroxylation sites is 1. The summed E-state index contributed by atoms with van der Waals surface area (Å²) in [6.07, 6.45) is 0. The number of hydrogen-bond acceptors (Lipinski definition) is 4. The van der Waals surface area contributed by atoms with Gasteiger partial charge in [0.15, 0.2) is 0 Å². The molecule has 0 saturated heterocycles. The highest BCUT2D eigenvalue weighted by molar-refractivity contribution is 5.94. The van der Waals surface area contributed by atoms with Crippen LogP contribution < -0.4 is 14.8 Å². The number of hydrogen-bond donors (Lipinski definition) is 1. The van der Waals surface area contributed by atoms with Crippen LogP contribution in [0.15, 0.2) is 42.5 Å². The second-order valence-electron chi connectivity index (χ2n) is 7.07. The van der Waals surface area contributed by atoms with Crippen LogP contribution >= 0.6 is 0 Å². The molecule has 0 bridgehead atoms. The van der Waals surface area contributed by atoms with Crippen LogP contribution in [0.1, 0.15) is 55.1 Å². The number of benzene rings is 2. The summed E-state index contributed by atoms with van der Waals surface area (Å²) < 4.78 is 16.9. The molecule has 0 aliphatic heterocycles. The lowest BCUT2D eigenvalue weighted by Gasteiger charge is -2.17. The average Bonchev–Trinajstić information content (AvgIpc) is 2.67. The minimum atomic E-state index is -0.142. The lowest BCUT2D eigenvalue weighted by atomic mass is 10.0. The molecule has 1 amide bonds. The normalized spacial score (nSPS) is 11.9. The molecule has 0 fully saturated rings. The van der Waals surface area contributed by atoms with Gasteiger partial charge in [0, 0.05) is 24.3 Å². The Kier molecular flexibility index (Phi) is 8.33. The van der Waals surface area contributed by atoms with Gasteiger partial charge in [0.2, 0.25) is 0 Å². The van der Waals surface area contributed by atoms with Gasteiger partial charge in [0.25, 0.3) is 5.91 Å². The van der Waals surface area contributed by atoms with E-state index in [2.05, 4.69) is 25.2 Å². The van der Waals surface area contributed by atoms with Crippen molar-refractivity contribution in [3.8, 4) is 11.5 Å². The van der Waals surface area contributed by atoms with Crippen LogP contribution in [0.2, 0.25) is 0 Å². The predicted octanol–water partition coefficient (Wildman–Crippen LogP) is 4.55. The topological polar surface area (TPSA) is 56.8 Å². The highest BCUT2D eigenvalue weighted by atomic mass is 16.5. The Morgan fingerprint density at radius 1 is 1.04 bits per heavy atom. The van der Waals surface area contributed by atoms with Gasteiger partial charge in [-0.1, -0.05) is 32.0 Å². The first-order valence-electron chi connectivity index (χ1n) is 9.73. The van der Waals surface area contributed by atoms with Crippen molar-refractivity contribution in [3.05, 3.63) is 59.2 Å². The molecule has 5 nitrogen and oxygen atoms in total. The Morgan fingerprint density at radius 3 is 2.46 bits per heavy atom. The van der Waals surface area contributed by atoms with Crippen molar-refractivity contribution < 1.29 is 19.0 Å². The van der Waals surface area contributed by atoms with Crippen molar-refractivity contribution in [1.29, 1.82) is 0 Å². The van der Waals surface area contributed by atoms with Crippen molar-refractivity contribution >= 4 is 5.91 Å². The van der Waals surface area contributed by atoms with Gasteiger partial charge in [-0.3, -0.25) is 4.79 Å². The average molecular weight is 386 g/mol. The summed E-state index contributed by atoms with van der Waals surface area (Å²) in [7, 11) is 1.62. The fourth-order valence-corrected chi connectivity index (χ4v) is 2.97. The SMILES string of the molecule is CCOc1ccc(C(=O)N[C@@H](C)COC)cc1COc1ccccc1C(C)C. The van der Waals surface area contributed by atoms with E-state index in [4.69, 9.17) is 14.2 Å². The van der Waals surface area contributed by atoms with E-state index in [-0.39, 0.29) is 11.9 Å². The van der Waals surface area contributed by atoms with E-state index in [9.17, 15) is 4.79 Å². The molecule has 0 heterocycles. The zero-order valence-electron chi connectivity index (χ0n) is 17.5. The first kappa shape index (κ1) is 21.8. The molecule has 0 saturated carbocycles. The molecular formula is C23H31NO4. The quantitative estimate of drug-likeness (QED) is 0.652. The third-order valence-corrected chi connectivity index (χ3v) is 4.34. The molecule has 0 spiro atoms. The lowest BCUT2D eigenvalue weighted by Crippen LogP contribution is -2.35. The molecule has 152 valence electrons. The summed E-state index contributed by atoms with van der Waals surface area (Å²) in [5, 5.41) is 2.93. The van der Waals surface area contributed by atoms with Crippen molar-refractivity contribution in [2.45, 2.75) is 46.3 Å². The van der Waals surface area contributed by atoms with Crippen LogP contribution in [-0.4, -0.2) is 32.3 Å². The number of amides is 1. The Morgan fingerprint density at radius 2 is 1.79 bits per heavy atom. The van der Waals surface area contributed by atoms with Gasteiger partial charge in [-0.05, 0) is 49.6 Å². The maximum absolute atomic E-state index is 12.5. The standard InChI is InChI=1S/C23H31NO4/c1-6-27-21-12-11-18(23(25)24-17(4)14-26-5)13-19(21)15-28-22-10-8-7-9-20(22)16(2)3/h7-13,16-17H,6,14-15H2,1-5H3,(H,24,25)/t17-/m0/s1. The molecule has 1 N–H and O–H groups in total. The molecule has 28 heavy (non-hydrogen) atoms. The minimum absolute atomic E-state index is 0.0679. The van der Waals surface area contributed by atoms with Crippen LogP contribution in [-0.2, 0) is 11.3 Å². The van der Waals surface area contributed by atoms with Gasteiger partial charge in [-0.15, -0.1) is 0 Å². The molecule has 2 rings (SSSR count). The fourth-order valence-electron chi connectivity index (χ4n) is 2.97. The molecule has 0 aliphatic carbocycles. The summed E-state index contributed by atoms with van der Waals surface area (Å²) >= 11 is 0. The molecular weight excluding hydrogens is 354 g/mol. The highest BCUT2D eigenvalue weighted by Gasteiger charge is 2.14. The summed E-state index contributed by atoms with van der Waals surface area (Å²) in [5.41, 5.74) is 2.57. The molecule has 0 unspecified atom stereocenters. The van der Waals surface area contributed by atoms with E-state index >= 15 is 0 Å². The Labute approximate surface area is 168 Å². The highest BCUT2D eigenvalue weighted by Crippen LogP contribution is 2.28. The van der Waals surface area contributed by atoms with Crippen molar-refractivity contribution in [2.24, 2.45) is 0 Å². The Bertz CT molecular complexity index is 773. The number of methoxy groups -OCH3 is 1. The maximum atomic E-state index is 12.5. The molecule has 2 aromatic carbocycles. The van der Waals surface area contributed by atoms with Crippen LogP contribution in [0.3, 0.4) is 0 Å². The first-order chi connectivity index (χ1) is 13.5. The third-order valence-electron chi connectivity index (χ3n) is 4.34. The van der Waals surface area contributed by atoms with Crippen LogP contribution in [0.25, 0.3) is 0 Å². The van der Waals surface area contributed by atoms with Crippen molar-refractivity contribution in [3.63, 3.8) is 0 Å². The van der Waals surface area contributed by atoms with Crippen molar-refractivity contribution in [1.82, 2.24) is 5.32 Å². The largest absolute Gasteiger partial charge is 0.493 e. The number of carbonyl (C=O) groups excluding carboxylic acids is 1. The zero-order chi connectivity index (χ0) is 20.5. The summed E-state index contributed by atoms with van der Waals surface area (Å²) in [5.74, 6) is 1.80. The molecule has 1 atom stereocenters. The zero-order valence-corrected chi connectivity index (χ0v) is 17.5. The van der Waals surface area contributed by atoms with Crippen LogP contribution in [0.4, 0.5) is 0 Å². The predicted molar refractivity (Wildman–Crippen MR) is 111 cm³/mol. The molecule has 5 heteroatoms. The maximum Gasteiger partial charge on any atom is 0.251 e. The number of carbonyl (C=O) groups is 1. The lowest BCUT2D eigenvalue weighted by molar-refractivity contribution is 0.0905. The van der Waals surface area contributed by atoms with E-state index in [1.165, 1.54) is 0 Å². The van der Waals surface area contributed by atoms with E-state index in [1.54, 1.807) is 13.2 Å². The number of rotatable bonds is 10. The van der Waals surface area contributed by atoms with E-state index in [0.717, 1.165) is 22.6 Å². The summed E-state index contributed by atoms with van der Waals surface area (Å²) in [4.78, 5) is 12.5. The monoisotopic (exact) mass is 385 g/mol. The van der Waals surface area contributed by atoms with Crippen molar-refractivity contribution in [2.75, 3.05) is 20.3 Å². The van der Waals surface area contributed by atoms with Crippen LogP contribution in [0.5, 0.6) is 11.5 Å². The van der Waals surface area contributed by atoms with Gasteiger partial charge in [0.05, 0.1) is 13.2 Å². The third kappa shape index (κ3) is 5.99. The second kappa shape index (κ2) is 10.7. The second-order valence-corrected chi connectivity index (χ2v) is 7.07. The van der Waals surface area contributed by atoms with E-state index in [0.29, 0.717) is 31.3 Å². The summed E-state index contributed by atoms with van der Waals surface area (Å²) in [6.45, 7) is 9.46. The molecule has 0 aromatic heterocycles. The number of nitrogens with one attached hydrogen (secondary N) is 1. The van der Waals surface area contributed by atoms with Gasteiger partial charge >= 0.3 is 0 Å². The molecule has 2 aromatic rings. The molecule has 0 radical (unpaired) electrons. The Balaban J connectivity index is 2.20. The smallest absolute Gasteiger partial charge is 0.251 e. The van der Waals surface area contributed by atoms with Gasteiger partial charge in [-0.2, -0.15) is 0 Å². The minimum Gasteiger partial charge on any atom is -0.493 e.